The van der Waals surface area contributed by atoms with E-state index in [1.165, 1.54) is 12.8 Å². The molecule has 2 amide bonds. The lowest BCUT2D eigenvalue weighted by molar-refractivity contribution is -0.394. The van der Waals surface area contributed by atoms with Gasteiger partial charge in [-0.1, -0.05) is 13.3 Å². The quantitative estimate of drug-likeness (QED) is 0.692. The van der Waals surface area contributed by atoms with Gasteiger partial charge in [0.1, 0.15) is 11.9 Å². The van der Waals surface area contributed by atoms with E-state index in [-0.39, 0.29) is 23.8 Å². The minimum Gasteiger partial charge on any atom is -0.489 e. The molecule has 3 N–H and O–H groups in total. The van der Waals surface area contributed by atoms with Crippen LogP contribution in [0.4, 0.5) is 0 Å². The Kier molecular flexibility index (Phi) is 5.35. The standard InChI is InChI=1S/C21H27N3O4/c1-2-22-16-5-3-4-6-18(16)28-14-7-8-15-13(11-14)12-24(21(15)27)17-9-10-19(25)23-20(17)26/h7-8,11,16-18,22H,2-6,9-10,12H2,1H3,(H,23,25,26)/p+1/t16-,17?,18+/m1/s1. The van der Waals surface area contributed by atoms with Gasteiger partial charge >= 0.3 is 11.8 Å². The molecule has 1 fully saturated rings. The van der Waals surface area contributed by atoms with E-state index in [2.05, 4.69) is 17.2 Å². The molecule has 2 heterocycles. The second-order valence-electron chi connectivity index (χ2n) is 7.84. The number of nitrogens with one attached hydrogen (secondary N) is 2. The van der Waals surface area contributed by atoms with Crippen LogP contribution in [0, 0.1) is 0 Å². The van der Waals surface area contributed by atoms with Crippen LogP contribution in [0.15, 0.2) is 18.2 Å². The van der Waals surface area contributed by atoms with Crippen LogP contribution in [-0.2, 0) is 11.3 Å². The highest BCUT2D eigenvalue weighted by Crippen LogP contribution is 2.31. The molecule has 1 aliphatic carbocycles. The van der Waals surface area contributed by atoms with Crippen molar-refractivity contribution in [3.63, 3.8) is 0 Å². The fraction of sp³-hybridized carbons (Fsp3) is 0.571. The van der Waals surface area contributed by atoms with Crippen molar-refractivity contribution in [2.75, 3.05) is 6.54 Å². The molecule has 0 spiro atoms. The molecule has 4 rings (SSSR count). The molecule has 3 atom stereocenters. The summed E-state index contributed by atoms with van der Waals surface area (Å²) < 4.78 is 6.29. The molecule has 1 unspecified atom stereocenters. The van der Waals surface area contributed by atoms with Crippen molar-refractivity contribution in [2.24, 2.45) is 0 Å². The Labute approximate surface area is 164 Å². The molecule has 7 nitrogen and oxygen atoms in total. The lowest BCUT2D eigenvalue weighted by atomic mass is 9.92. The minimum absolute atomic E-state index is 0.113. The molecule has 2 aliphatic heterocycles. The van der Waals surface area contributed by atoms with Gasteiger partial charge < -0.3 is 20.1 Å². The normalized spacial score (nSPS) is 27.5. The Morgan fingerprint density at radius 3 is 2.86 bits per heavy atom. The summed E-state index contributed by atoms with van der Waals surface area (Å²) in [7, 11) is 0. The fourth-order valence-corrected chi connectivity index (χ4v) is 4.55. The highest BCUT2D eigenvalue weighted by molar-refractivity contribution is 6.01. The number of carbonyl (C=O) groups excluding carboxylic acids is 2. The van der Waals surface area contributed by atoms with Crippen molar-refractivity contribution in [1.29, 1.82) is 0 Å². The molecule has 0 saturated heterocycles. The highest BCUT2D eigenvalue weighted by Gasteiger charge is 2.41. The van der Waals surface area contributed by atoms with Crippen molar-refractivity contribution in [1.82, 2.24) is 10.2 Å². The van der Waals surface area contributed by atoms with Gasteiger partial charge in [-0.2, -0.15) is 0 Å². The third kappa shape index (κ3) is 3.63. The van der Waals surface area contributed by atoms with Crippen LogP contribution in [-0.4, -0.2) is 52.5 Å². The van der Waals surface area contributed by atoms with Crippen LogP contribution in [0.5, 0.6) is 5.75 Å². The molecule has 1 saturated carbocycles. The Bertz CT molecular complexity index is 805. The maximum atomic E-state index is 12.8. The molecule has 28 heavy (non-hydrogen) atoms. The van der Waals surface area contributed by atoms with Crippen LogP contribution in [0.3, 0.4) is 0 Å². The van der Waals surface area contributed by atoms with Gasteiger partial charge in [-0.25, -0.2) is 4.79 Å². The zero-order valence-electron chi connectivity index (χ0n) is 16.2. The number of hydrogen-bond donors (Lipinski definition) is 3. The lowest BCUT2D eigenvalue weighted by Gasteiger charge is -2.32. The third-order valence-corrected chi connectivity index (χ3v) is 5.97. The first-order chi connectivity index (χ1) is 13.6. The van der Waals surface area contributed by atoms with E-state index in [0.29, 0.717) is 31.0 Å². The molecule has 3 aliphatic rings. The van der Waals surface area contributed by atoms with Gasteiger partial charge in [0.25, 0.3) is 5.91 Å². The fourth-order valence-electron chi connectivity index (χ4n) is 4.55. The van der Waals surface area contributed by atoms with Gasteiger partial charge in [0.2, 0.25) is 0 Å². The monoisotopic (exact) mass is 386 g/mol. The van der Waals surface area contributed by atoms with Crippen LogP contribution in [0.1, 0.15) is 61.4 Å². The van der Waals surface area contributed by atoms with Crippen LogP contribution < -0.4 is 15.0 Å². The summed E-state index contributed by atoms with van der Waals surface area (Å²) in [4.78, 5) is 28.3. The summed E-state index contributed by atoms with van der Waals surface area (Å²) in [6, 6.07) is 5.52. The molecule has 0 bridgehead atoms. The number of aliphatic hydroxyl groups excluding tert-OH is 1. The Morgan fingerprint density at radius 1 is 1.25 bits per heavy atom. The summed E-state index contributed by atoms with van der Waals surface area (Å²) in [5.41, 5.74) is 1.55. The summed E-state index contributed by atoms with van der Waals surface area (Å²) in [6.45, 7) is 3.45. The number of carbonyl (C=O) groups is 2. The van der Waals surface area contributed by atoms with Gasteiger partial charge in [-0.3, -0.25) is 4.79 Å². The zero-order valence-corrected chi connectivity index (χ0v) is 16.2. The third-order valence-electron chi connectivity index (χ3n) is 5.97. The predicted molar refractivity (Wildman–Crippen MR) is 103 cm³/mol. The topological polar surface area (TPSA) is 92.8 Å². The lowest BCUT2D eigenvalue weighted by Crippen LogP contribution is -2.82. The van der Waals surface area contributed by atoms with E-state index in [0.717, 1.165) is 30.7 Å². The molecule has 1 aromatic carbocycles. The number of fused-ring (bicyclic) bond motifs is 1. The van der Waals surface area contributed by atoms with Crippen molar-refractivity contribution in [2.45, 2.75) is 70.2 Å². The second kappa shape index (κ2) is 7.91. The summed E-state index contributed by atoms with van der Waals surface area (Å²) in [6.07, 6.45) is 5.44. The molecule has 0 aromatic heterocycles. The Hall–Kier alpha value is -2.41. The average molecular weight is 386 g/mol. The van der Waals surface area contributed by atoms with E-state index in [9.17, 15) is 14.7 Å². The number of ether oxygens (including phenoxy) is 1. The van der Waals surface area contributed by atoms with E-state index in [1.807, 2.05) is 18.2 Å². The predicted octanol–water partition coefficient (Wildman–Crippen LogP) is 0.668. The highest BCUT2D eigenvalue weighted by atomic mass is 16.5. The first-order valence-corrected chi connectivity index (χ1v) is 10.3. The number of aliphatic hydroxyl groups is 1. The molecule has 0 radical (unpaired) electrons. The van der Waals surface area contributed by atoms with Crippen molar-refractivity contribution < 1.29 is 24.4 Å². The van der Waals surface area contributed by atoms with Crippen LogP contribution in [0.2, 0.25) is 0 Å². The maximum absolute atomic E-state index is 12.8. The zero-order chi connectivity index (χ0) is 19.7. The van der Waals surface area contributed by atoms with Crippen molar-refractivity contribution >= 4 is 17.7 Å². The van der Waals surface area contributed by atoms with Crippen LogP contribution >= 0.6 is 0 Å². The molecule has 7 heteroatoms. The van der Waals surface area contributed by atoms with Crippen molar-refractivity contribution in [3.8, 4) is 5.75 Å². The second-order valence-corrected chi connectivity index (χ2v) is 7.84. The smallest absolute Gasteiger partial charge is 0.388 e. The van der Waals surface area contributed by atoms with Crippen LogP contribution in [0.25, 0.3) is 0 Å². The number of amides is 2. The van der Waals surface area contributed by atoms with Gasteiger partial charge in [0.15, 0.2) is 6.04 Å². The SMILES string of the molecule is CCN[C@@H]1CCCC[C@@H]1Oc1ccc2c(c1)CN(C1CCC(=O)[NH+]=C1O)C2=O. The first kappa shape index (κ1) is 18.9. The average Bonchev–Trinajstić information content (AvgIpc) is 2.99. The first-order valence-electron chi connectivity index (χ1n) is 10.3. The number of benzene rings is 1. The van der Waals surface area contributed by atoms with E-state index >= 15 is 0 Å². The Morgan fingerprint density at radius 2 is 2.07 bits per heavy atom. The van der Waals surface area contributed by atoms with Gasteiger partial charge in [0, 0.05) is 18.2 Å². The summed E-state index contributed by atoms with van der Waals surface area (Å²) in [5, 5.41) is 13.6. The molecule has 1 aromatic rings. The van der Waals surface area contributed by atoms with Gasteiger partial charge in [-0.15, -0.1) is 4.99 Å². The van der Waals surface area contributed by atoms with Crippen molar-refractivity contribution in [3.05, 3.63) is 29.3 Å². The van der Waals surface area contributed by atoms with Gasteiger partial charge in [0.05, 0.1) is 6.42 Å². The minimum atomic E-state index is -0.474. The maximum Gasteiger partial charge on any atom is 0.388 e. The summed E-state index contributed by atoms with van der Waals surface area (Å²) in [5.74, 6) is 0.326. The molecule has 150 valence electrons. The molecular weight excluding hydrogens is 358 g/mol. The number of likely N-dealkylation sites (N-methyl/N-ethyl adjacent to an activating group) is 1. The number of nitrogens with zero attached hydrogens (tertiary/aromatic N) is 1. The van der Waals surface area contributed by atoms with E-state index in [4.69, 9.17) is 4.74 Å². The molecular formula is C21H28N3O4+. The van der Waals surface area contributed by atoms with Gasteiger partial charge in [-0.05, 0) is 56.0 Å². The van der Waals surface area contributed by atoms with E-state index < -0.39 is 6.04 Å². The number of hydrogen-bond acceptors (Lipinski definition) is 4. The van der Waals surface area contributed by atoms with E-state index in [1.54, 1.807) is 4.90 Å². The number of rotatable bonds is 5. The Balaban J connectivity index is 1.49. The summed E-state index contributed by atoms with van der Waals surface area (Å²) >= 11 is 0. The largest absolute Gasteiger partial charge is 0.489 e.